The smallest absolute Gasteiger partial charge is 0.143 e. The SMILES string of the molecule is Cc1cc(Br)c2cc(Cl)c(-c3cnoc3C)nc2c1. The van der Waals surface area contributed by atoms with Crippen LogP contribution >= 0.6 is 27.5 Å². The Kier molecular flexibility index (Phi) is 3.07. The third-order valence-corrected chi connectivity index (χ3v) is 3.93. The summed E-state index contributed by atoms with van der Waals surface area (Å²) in [6.45, 7) is 3.88. The molecule has 3 nitrogen and oxygen atoms in total. The number of aryl methyl sites for hydroxylation is 2. The van der Waals surface area contributed by atoms with Crippen LogP contribution in [-0.2, 0) is 0 Å². The van der Waals surface area contributed by atoms with E-state index in [9.17, 15) is 0 Å². The van der Waals surface area contributed by atoms with Crippen molar-refractivity contribution >= 4 is 38.4 Å². The molecule has 0 radical (unpaired) electrons. The minimum atomic E-state index is 0.586. The Balaban J connectivity index is 2.33. The largest absolute Gasteiger partial charge is 0.361 e. The number of aromatic nitrogens is 2. The van der Waals surface area contributed by atoms with E-state index in [0.717, 1.165) is 26.5 Å². The fourth-order valence-electron chi connectivity index (χ4n) is 2.05. The van der Waals surface area contributed by atoms with Gasteiger partial charge in [-0.3, -0.25) is 0 Å². The van der Waals surface area contributed by atoms with E-state index in [1.54, 1.807) is 6.20 Å². The van der Waals surface area contributed by atoms with E-state index in [4.69, 9.17) is 16.1 Å². The summed E-state index contributed by atoms with van der Waals surface area (Å²) in [5.41, 5.74) is 3.56. The summed E-state index contributed by atoms with van der Waals surface area (Å²) in [5, 5.41) is 5.35. The summed E-state index contributed by atoms with van der Waals surface area (Å²) in [5.74, 6) is 0.709. The molecule has 0 saturated heterocycles. The van der Waals surface area contributed by atoms with Crippen LogP contribution in [0.1, 0.15) is 11.3 Å². The maximum Gasteiger partial charge on any atom is 0.143 e. The molecule has 0 unspecified atom stereocenters. The van der Waals surface area contributed by atoms with Gasteiger partial charge in [-0.2, -0.15) is 0 Å². The molecule has 0 fully saturated rings. The van der Waals surface area contributed by atoms with Gasteiger partial charge in [-0.15, -0.1) is 0 Å². The molecule has 3 rings (SSSR count). The molecule has 0 atom stereocenters. The molecule has 1 aromatic carbocycles. The first-order valence-corrected chi connectivity index (χ1v) is 6.91. The number of rotatable bonds is 1. The van der Waals surface area contributed by atoms with Gasteiger partial charge < -0.3 is 4.52 Å². The highest BCUT2D eigenvalue weighted by Gasteiger charge is 2.14. The number of halogens is 2. The molecule has 2 heterocycles. The Morgan fingerprint density at radius 3 is 2.68 bits per heavy atom. The molecular weight excluding hydrogens is 328 g/mol. The summed E-state index contributed by atoms with van der Waals surface area (Å²) in [6.07, 6.45) is 1.64. The van der Waals surface area contributed by atoms with Crippen molar-refractivity contribution < 1.29 is 4.52 Å². The van der Waals surface area contributed by atoms with Gasteiger partial charge in [0.2, 0.25) is 0 Å². The van der Waals surface area contributed by atoms with Gasteiger partial charge in [0.1, 0.15) is 5.76 Å². The van der Waals surface area contributed by atoms with E-state index in [2.05, 4.69) is 26.1 Å². The van der Waals surface area contributed by atoms with Crippen LogP contribution in [0.3, 0.4) is 0 Å². The average Bonchev–Trinajstić information content (AvgIpc) is 2.76. The second-order valence-corrected chi connectivity index (χ2v) is 5.69. The van der Waals surface area contributed by atoms with Gasteiger partial charge in [-0.25, -0.2) is 4.98 Å². The summed E-state index contributed by atoms with van der Waals surface area (Å²) in [7, 11) is 0. The Bertz CT molecular complexity index is 782. The summed E-state index contributed by atoms with van der Waals surface area (Å²) in [6, 6.07) is 5.99. The first kappa shape index (κ1) is 12.6. The third-order valence-electron chi connectivity index (χ3n) is 2.99. The van der Waals surface area contributed by atoms with Gasteiger partial charge in [0.25, 0.3) is 0 Å². The highest BCUT2D eigenvalue weighted by Crippen LogP contribution is 2.34. The number of hydrogen-bond acceptors (Lipinski definition) is 3. The fourth-order valence-corrected chi connectivity index (χ4v) is 2.99. The second kappa shape index (κ2) is 4.62. The molecule has 0 aliphatic carbocycles. The summed E-state index contributed by atoms with van der Waals surface area (Å²) >= 11 is 9.87. The predicted molar refractivity (Wildman–Crippen MR) is 79.4 cm³/mol. The highest BCUT2D eigenvalue weighted by atomic mass is 79.9. The molecule has 0 spiro atoms. The molecule has 19 heavy (non-hydrogen) atoms. The Hall–Kier alpha value is -1.39. The standard InChI is InChI=1S/C14H10BrClN2O/c1-7-3-11(15)9-5-12(16)14(18-13(9)4-7)10-6-17-19-8(10)2/h3-6H,1-2H3. The minimum Gasteiger partial charge on any atom is -0.361 e. The molecular formula is C14H10BrClN2O. The van der Waals surface area contributed by atoms with E-state index >= 15 is 0 Å². The van der Waals surface area contributed by atoms with Crippen LogP contribution in [0, 0.1) is 13.8 Å². The Labute approximate surface area is 123 Å². The van der Waals surface area contributed by atoms with Gasteiger partial charge in [-0.05, 0) is 37.6 Å². The van der Waals surface area contributed by atoms with E-state index in [1.807, 2.05) is 32.0 Å². The van der Waals surface area contributed by atoms with Crippen molar-refractivity contribution in [2.24, 2.45) is 0 Å². The van der Waals surface area contributed by atoms with E-state index in [0.29, 0.717) is 16.5 Å². The molecule has 0 N–H and O–H groups in total. The van der Waals surface area contributed by atoms with Crippen LogP contribution in [0.5, 0.6) is 0 Å². The molecule has 96 valence electrons. The normalized spacial score (nSPS) is 11.2. The number of pyridine rings is 1. The van der Waals surface area contributed by atoms with Gasteiger partial charge in [0.15, 0.2) is 0 Å². The predicted octanol–water partition coefficient (Wildman–Crippen LogP) is 4.92. The zero-order valence-electron chi connectivity index (χ0n) is 10.4. The maximum atomic E-state index is 6.33. The molecule has 0 amide bonds. The van der Waals surface area contributed by atoms with Crippen LogP contribution in [0.25, 0.3) is 22.2 Å². The van der Waals surface area contributed by atoms with Gasteiger partial charge >= 0.3 is 0 Å². The lowest BCUT2D eigenvalue weighted by Crippen LogP contribution is -1.89. The van der Waals surface area contributed by atoms with E-state index in [-0.39, 0.29) is 0 Å². The van der Waals surface area contributed by atoms with Gasteiger partial charge in [-0.1, -0.05) is 32.7 Å². The molecule has 3 aromatic rings. The van der Waals surface area contributed by atoms with Crippen LogP contribution in [0.15, 0.2) is 33.4 Å². The van der Waals surface area contributed by atoms with Crippen molar-refractivity contribution in [3.8, 4) is 11.3 Å². The third kappa shape index (κ3) is 2.15. The molecule has 0 aliphatic rings. The van der Waals surface area contributed by atoms with Crippen LogP contribution in [-0.4, -0.2) is 10.1 Å². The van der Waals surface area contributed by atoms with Crippen molar-refractivity contribution in [3.05, 3.63) is 45.2 Å². The Morgan fingerprint density at radius 2 is 2.00 bits per heavy atom. The number of fused-ring (bicyclic) bond motifs is 1. The minimum absolute atomic E-state index is 0.586. The van der Waals surface area contributed by atoms with E-state index in [1.165, 1.54) is 0 Å². The van der Waals surface area contributed by atoms with E-state index < -0.39 is 0 Å². The van der Waals surface area contributed by atoms with Crippen LogP contribution in [0.4, 0.5) is 0 Å². The van der Waals surface area contributed by atoms with Crippen molar-refractivity contribution in [1.29, 1.82) is 0 Å². The van der Waals surface area contributed by atoms with Crippen molar-refractivity contribution in [2.75, 3.05) is 0 Å². The quantitative estimate of drug-likeness (QED) is 0.632. The fraction of sp³-hybridized carbons (Fsp3) is 0.143. The summed E-state index contributed by atoms with van der Waals surface area (Å²) in [4.78, 5) is 4.64. The van der Waals surface area contributed by atoms with Crippen LogP contribution < -0.4 is 0 Å². The lowest BCUT2D eigenvalue weighted by atomic mass is 10.1. The van der Waals surface area contributed by atoms with Gasteiger partial charge in [0.05, 0.1) is 28.0 Å². The lowest BCUT2D eigenvalue weighted by Gasteiger charge is -2.07. The van der Waals surface area contributed by atoms with Crippen molar-refractivity contribution in [3.63, 3.8) is 0 Å². The number of benzene rings is 1. The number of nitrogens with zero attached hydrogens (tertiary/aromatic N) is 2. The monoisotopic (exact) mass is 336 g/mol. The Morgan fingerprint density at radius 1 is 1.21 bits per heavy atom. The maximum absolute atomic E-state index is 6.33. The second-order valence-electron chi connectivity index (χ2n) is 4.43. The molecule has 5 heteroatoms. The highest BCUT2D eigenvalue weighted by molar-refractivity contribution is 9.10. The zero-order valence-corrected chi connectivity index (χ0v) is 12.7. The van der Waals surface area contributed by atoms with Gasteiger partial charge in [0, 0.05) is 9.86 Å². The first-order valence-electron chi connectivity index (χ1n) is 5.74. The summed E-state index contributed by atoms with van der Waals surface area (Å²) < 4.78 is 6.07. The number of hydrogen-bond donors (Lipinski definition) is 0. The average molecular weight is 338 g/mol. The lowest BCUT2D eigenvalue weighted by molar-refractivity contribution is 0.398. The molecule has 0 aliphatic heterocycles. The van der Waals surface area contributed by atoms with Crippen molar-refractivity contribution in [2.45, 2.75) is 13.8 Å². The molecule has 2 aromatic heterocycles. The van der Waals surface area contributed by atoms with Crippen molar-refractivity contribution in [1.82, 2.24) is 10.1 Å². The molecule has 0 bridgehead atoms. The topological polar surface area (TPSA) is 38.9 Å². The molecule has 0 saturated carbocycles. The van der Waals surface area contributed by atoms with Crippen LogP contribution in [0.2, 0.25) is 5.02 Å². The zero-order chi connectivity index (χ0) is 13.6. The first-order chi connectivity index (χ1) is 9.06.